The van der Waals surface area contributed by atoms with Crippen LogP contribution in [0, 0.1) is 0 Å². The highest BCUT2D eigenvalue weighted by atomic mass is 79.9. The molecule has 0 saturated carbocycles. The number of aromatic nitrogens is 2. The third-order valence-electron chi connectivity index (χ3n) is 2.51. The fourth-order valence-corrected chi connectivity index (χ4v) is 3.23. The van der Waals surface area contributed by atoms with Crippen LogP contribution in [0.3, 0.4) is 0 Å². The smallest absolute Gasteiger partial charge is 0.133 e. The Bertz CT molecular complexity index is 546. The van der Waals surface area contributed by atoms with Crippen molar-refractivity contribution in [3.05, 3.63) is 40.6 Å². The van der Waals surface area contributed by atoms with Gasteiger partial charge < -0.3 is 5.32 Å². The first-order valence-electron chi connectivity index (χ1n) is 5.69. The van der Waals surface area contributed by atoms with Crippen molar-refractivity contribution in [1.29, 1.82) is 0 Å². The Morgan fingerprint density at radius 3 is 2.83 bits per heavy atom. The van der Waals surface area contributed by atoms with Crippen molar-refractivity contribution in [3.8, 4) is 0 Å². The lowest BCUT2D eigenvalue weighted by atomic mass is 10.2. The molecule has 0 aliphatic heterocycles. The average molecular weight is 324 g/mol. The second kappa shape index (κ2) is 6.20. The van der Waals surface area contributed by atoms with E-state index < -0.39 is 0 Å². The van der Waals surface area contributed by atoms with E-state index in [1.807, 2.05) is 19.2 Å². The molecule has 1 N–H and O–H groups in total. The van der Waals surface area contributed by atoms with Crippen LogP contribution in [0.5, 0.6) is 0 Å². The Morgan fingerprint density at radius 2 is 2.17 bits per heavy atom. The van der Waals surface area contributed by atoms with Crippen LogP contribution in [0.4, 0.5) is 5.82 Å². The quantitative estimate of drug-likeness (QED) is 0.863. The number of halogens is 1. The molecule has 94 valence electrons. The molecule has 1 aromatic heterocycles. The highest BCUT2D eigenvalue weighted by Gasteiger charge is 2.10. The molecule has 3 nitrogen and oxygen atoms in total. The second-order valence-corrected chi connectivity index (χ2v) is 5.65. The topological polar surface area (TPSA) is 37.8 Å². The fourth-order valence-electron chi connectivity index (χ4n) is 1.66. The molecule has 0 spiro atoms. The van der Waals surface area contributed by atoms with Crippen molar-refractivity contribution in [1.82, 2.24) is 9.97 Å². The van der Waals surface area contributed by atoms with Crippen molar-refractivity contribution in [2.45, 2.75) is 23.3 Å². The van der Waals surface area contributed by atoms with Crippen molar-refractivity contribution in [2.75, 3.05) is 12.4 Å². The van der Waals surface area contributed by atoms with Crippen LogP contribution in [0.1, 0.15) is 12.5 Å². The molecular formula is C13H14BrN3S. The molecule has 0 aliphatic carbocycles. The number of nitrogens with zero attached hydrogens (tertiary/aromatic N) is 2. The molecule has 18 heavy (non-hydrogen) atoms. The van der Waals surface area contributed by atoms with Gasteiger partial charge in [-0.25, -0.2) is 9.97 Å². The van der Waals surface area contributed by atoms with Gasteiger partial charge in [-0.15, -0.1) is 0 Å². The highest BCUT2D eigenvalue weighted by molar-refractivity contribution is 9.10. The van der Waals surface area contributed by atoms with E-state index in [1.54, 1.807) is 18.1 Å². The van der Waals surface area contributed by atoms with E-state index in [0.29, 0.717) is 0 Å². The summed E-state index contributed by atoms with van der Waals surface area (Å²) in [5, 5.41) is 4.12. The molecular weight excluding hydrogens is 310 g/mol. The van der Waals surface area contributed by atoms with Gasteiger partial charge in [0, 0.05) is 22.0 Å². The summed E-state index contributed by atoms with van der Waals surface area (Å²) in [6, 6.07) is 8.21. The van der Waals surface area contributed by atoms with E-state index in [-0.39, 0.29) is 0 Å². The van der Waals surface area contributed by atoms with Gasteiger partial charge in [-0.1, -0.05) is 40.7 Å². The van der Waals surface area contributed by atoms with E-state index in [0.717, 1.165) is 27.3 Å². The first-order valence-corrected chi connectivity index (χ1v) is 7.30. The van der Waals surface area contributed by atoms with Crippen molar-refractivity contribution >= 4 is 33.5 Å². The predicted molar refractivity (Wildman–Crippen MR) is 79.2 cm³/mol. The summed E-state index contributed by atoms with van der Waals surface area (Å²) in [6.07, 6.45) is 2.51. The minimum Gasteiger partial charge on any atom is -0.373 e. The van der Waals surface area contributed by atoms with Crippen LogP contribution >= 0.6 is 27.7 Å². The molecule has 0 fully saturated rings. The molecule has 2 rings (SSSR count). The fraction of sp³-hybridized carbons (Fsp3) is 0.231. The number of anilines is 1. The first kappa shape index (κ1) is 13.4. The zero-order valence-electron chi connectivity index (χ0n) is 10.3. The Hall–Kier alpha value is -1.07. The summed E-state index contributed by atoms with van der Waals surface area (Å²) in [4.78, 5) is 9.79. The summed E-state index contributed by atoms with van der Waals surface area (Å²) >= 11 is 5.14. The zero-order chi connectivity index (χ0) is 13.0. The molecule has 0 aliphatic rings. The van der Waals surface area contributed by atoms with E-state index in [1.165, 1.54) is 4.90 Å². The summed E-state index contributed by atoms with van der Waals surface area (Å²) < 4.78 is 1.08. The minimum atomic E-state index is 0.907. The molecule has 0 unspecified atom stereocenters. The lowest BCUT2D eigenvalue weighted by molar-refractivity contribution is 0.946. The largest absolute Gasteiger partial charge is 0.373 e. The Labute approximate surface area is 120 Å². The lowest BCUT2D eigenvalue weighted by Gasteiger charge is -2.10. The molecule has 2 aromatic rings. The van der Waals surface area contributed by atoms with Gasteiger partial charge in [-0.05, 0) is 24.6 Å². The van der Waals surface area contributed by atoms with E-state index in [2.05, 4.69) is 50.3 Å². The van der Waals surface area contributed by atoms with Crippen LogP contribution in [0.15, 0.2) is 45.0 Å². The SMILES string of the molecule is CCc1c(NC)ncnc1Sc1cccc(Br)c1. The molecule has 0 atom stereocenters. The van der Waals surface area contributed by atoms with Gasteiger partial charge in [0.25, 0.3) is 0 Å². The molecule has 1 heterocycles. The van der Waals surface area contributed by atoms with Crippen molar-refractivity contribution in [2.24, 2.45) is 0 Å². The number of hydrogen-bond acceptors (Lipinski definition) is 4. The number of nitrogens with one attached hydrogen (secondary N) is 1. The van der Waals surface area contributed by atoms with Gasteiger partial charge in [0.2, 0.25) is 0 Å². The molecule has 0 saturated heterocycles. The number of hydrogen-bond donors (Lipinski definition) is 1. The maximum absolute atomic E-state index is 4.38. The third-order valence-corrected chi connectivity index (χ3v) is 4.03. The van der Waals surface area contributed by atoms with Gasteiger partial charge in [0.05, 0.1) is 0 Å². The van der Waals surface area contributed by atoms with Crippen LogP contribution in [0.25, 0.3) is 0 Å². The maximum atomic E-state index is 4.38. The van der Waals surface area contributed by atoms with Crippen LogP contribution in [0.2, 0.25) is 0 Å². The standard InChI is InChI=1S/C13H14BrN3S/c1-3-11-12(15-2)16-8-17-13(11)18-10-6-4-5-9(14)7-10/h4-8H,3H2,1-2H3,(H,15,16,17). The Balaban J connectivity index is 2.34. The Morgan fingerprint density at radius 1 is 1.33 bits per heavy atom. The van der Waals surface area contributed by atoms with Gasteiger partial charge in [0.15, 0.2) is 0 Å². The third kappa shape index (κ3) is 3.03. The van der Waals surface area contributed by atoms with Crippen LogP contribution < -0.4 is 5.32 Å². The summed E-state index contributed by atoms with van der Waals surface area (Å²) in [6.45, 7) is 2.12. The monoisotopic (exact) mass is 323 g/mol. The maximum Gasteiger partial charge on any atom is 0.133 e. The van der Waals surface area contributed by atoms with E-state index >= 15 is 0 Å². The zero-order valence-corrected chi connectivity index (χ0v) is 12.7. The van der Waals surface area contributed by atoms with Gasteiger partial charge in [-0.2, -0.15) is 0 Å². The van der Waals surface area contributed by atoms with E-state index in [4.69, 9.17) is 0 Å². The lowest BCUT2D eigenvalue weighted by Crippen LogP contribution is -2.01. The van der Waals surface area contributed by atoms with Crippen molar-refractivity contribution in [3.63, 3.8) is 0 Å². The van der Waals surface area contributed by atoms with Crippen molar-refractivity contribution < 1.29 is 0 Å². The van der Waals surface area contributed by atoms with Gasteiger partial charge >= 0.3 is 0 Å². The molecule has 0 bridgehead atoms. The normalized spacial score (nSPS) is 10.4. The summed E-state index contributed by atoms with van der Waals surface area (Å²) in [7, 11) is 1.88. The molecule has 0 radical (unpaired) electrons. The number of rotatable bonds is 4. The number of benzene rings is 1. The molecule has 0 amide bonds. The first-order chi connectivity index (χ1) is 8.74. The van der Waals surface area contributed by atoms with Crippen LogP contribution in [-0.2, 0) is 6.42 Å². The summed E-state index contributed by atoms with van der Waals surface area (Å²) in [5.41, 5.74) is 1.16. The van der Waals surface area contributed by atoms with Crippen LogP contribution in [-0.4, -0.2) is 17.0 Å². The Kier molecular flexibility index (Phi) is 4.60. The highest BCUT2D eigenvalue weighted by Crippen LogP contribution is 2.32. The summed E-state index contributed by atoms with van der Waals surface area (Å²) in [5.74, 6) is 0.907. The van der Waals surface area contributed by atoms with Gasteiger partial charge in [-0.3, -0.25) is 0 Å². The minimum absolute atomic E-state index is 0.907. The predicted octanol–water partition coefficient (Wildman–Crippen LogP) is 3.99. The average Bonchev–Trinajstić information content (AvgIpc) is 2.38. The molecule has 5 heteroatoms. The van der Waals surface area contributed by atoms with E-state index in [9.17, 15) is 0 Å². The second-order valence-electron chi connectivity index (χ2n) is 3.67. The van der Waals surface area contributed by atoms with Gasteiger partial charge in [0.1, 0.15) is 17.2 Å². The molecule has 1 aromatic carbocycles.